The van der Waals surface area contributed by atoms with Gasteiger partial charge in [0.15, 0.2) is 11.2 Å². The molecule has 1 aliphatic rings. The number of hydrogen-bond donors (Lipinski definition) is 2. The largest absolute Gasteiger partial charge is 0.392 e. The first kappa shape index (κ1) is 12.8. The summed E-state index contributed by atoms with van der Waals surface area (Å²) in [5, 5.41) is 9.90. The quantitative estimate of drug-likeness (QED) is 0.626. The lowest BCUT2D eigenvalue weighted by Crippen LogP contribution is -2.31. The molecule has 0 amide bonds. The summed E-state index contributed by atoms with van der Waals surface area (Å²) in [6, 6.07) is 1.70. The van der Waals surface area contributed by atoms with E-state index >= 15 is 0 Å². The molecule has 0 aliphatic carbocycles. The molecule has 0 aromatic carbocycles. The van der Waals surface area contributed by atoms with Gasteiger partial charge in [-0.15, -0.1) is 6.42 Å². The normalized spacial score (nSPS) is 25.9. The van der Waals surface area contributed by atoms with Crippen LogP contribution in [-0.2, 0) is 4.74 Å². The SMILES string of the molecule is C#CC1(CO)CCC(n2ccc3c(N)nc(F)nc32)O1. The Labute approximate surface area is 114 Å². The number of anilines is 1. The zero-order chi connectivity index (χ0) is 14.3. The number of halogens is 1. The molecule has 20 heavy (non-hydrogen) atoms. The number of fused-ring (bicyclic) bond motifs is 1. The third-order valence-electron chi connectivity index (χ3n) is 3.56. The number of aromatic nitrogens is 3. The van der Waals surface area contributed by atoms with Crippen LogP contribution in [0.1, 0.15) is 19.1 Å². The maximum Gasteiger partial charge on any atom is 0.312 e. The molecule has 2 aromatic rings. The summed E-state index contributed by atoms with van der Waals surface area (Å²) in [4.78, 5) is 7.23. The Morgan fingerprint density at radius 3 is 3.10 bits per heavy atom. The van der Waals surface area contributed by atoms with Crippen LogP contribution in [0.5, 0.6) is 0 Å². The Morgan fingerprint density at radius 2 is 2.45 bits per heavy atom. The number of hydrogen-bond acceptors (Lipinski definition) is 5. The van der Waals surface area contributed by atoms with Crippen molar-refractivity contribution in [2.24, 2.45) is 0 Å². The summed E-state index contributed by atoms with van der Waals surface area (Å²) in [5.74, 6) is 2.55. The number of nitrogens with zero attached hydrogens (tertiary/aromatic N) is 3. The Balaban J connectivity index is 2.03. The molecule has 1 aliphatic heterocycles. The highest BCUT2D eigenvalue weighted by Crippen LogP contribution is 2.37. The summed E-state index contributed by atoms with van der Waals surface area (Å²) < 4.78 is 20.7. The van der Waals surface area contributed by atoms with E-state index in [0.717, 1.165) is 0 Å². The van der Waals surface area contributed by atoms with Crippen LogP contribution in [-0.4, -0.2) is 31.8 Å². The van der Waals surface area contributed by atoms with Gasteiger partial charge in [0, 0.05) is 6.20 Å². The fraction of sp³-hybridized carbons (Fsp3) is 0.385. The lowest BCUT2D eigenvalue weighted by atomic mass is 10.0. The molecule has 3 N–H and O–H groups in total. The average Bonchev–Trinajstić information content (AvgIpc) is 3.02. The number of terminal acetylenes is 1. The van der Waals surface area contributed by atoms with Crippen molar-refractivity contribution < 1.29 is 14.2 Å². The zero-order valence-electron chi connectivity index (χ0n) is 10.6. The molecule has 0 bridgehead atoms. The summed E-state index contributed by atoms with van der Waals surface area (Å²) in [6.45, 7) is -0.259. The molecule has 7 heteroatoms. The van der Waals surface area contributed by atoms with Crippen molar-refractivity contribution in [1.29, 1.82) is 0 Å². The van der Waals surface area contributed by atoms with Gasteiger partial charge >= 0.3 is 6.08 Å². The summed E-state index contributed by atoms with van der Waals surface area (Å²) in [7, 11) is 0. The topological polar surface area (TPSA) is 86.2 Å². The van der Waals surface area contributed by atoms with E-state index in [4.69, 9.17) is 16.9 Å². The standard InChI is InChI=1S/C13H13FN4O2/c1-2-13(7-19)5-3-9(20-13)18-6-4-8-10(15)16-12(14)17-11(8)18/h1,4,6,9,19H,3,5,7H2,(H2,15,16,17). The van der Waals surface area contributed by atoms with Gasteiger partial charge in [-0.2, -0.15) is 14.4 Å². The molecular weight excluding hydrogens is 263 g/mol. The predicted molar refractivity (Wildman–Crippen MR) is 69.9 cm³/mol. The number of aliphatic hydroxyl groups is 1. The van der Waals surface area contributed by atoms with Crippen molar-refractivity contribution in [3.8, 4) is 12.3 Å². The van der Waals surface area contributed by atoms with Crippen molar-refractivity contribution in [3.63, 3.8) is 0 Å². The van der Waals surface area contributed by atoms with Crippen LogP contribution in [0.2, 0.25) is 0 Å². The van der Waals surface area contributed by atoms with Crippen LogP contribution in [0.4, 0.5) is 10.2 Å². The number of ether oxygens (including phenoxy) is 1. The number of nitrogens with two attached hydrogens (primary N) is 1. The van der Waals surface area contributed by atoms with Crippen LogP contribution in [0.25, 0.3) is 11.0 Å². The van der Waals surface area contributed by atoms with Gasteiger partial charge in [0.25, 0.3) is 0 Å². The minimum atomic E-state index is -0.988. The second kappa shape index (κ2) is 4.44. The van der Waals surface area contributed by atoms with E-state index in [-0.39, 0.29) is 12.4 Å². The van der Waals surface area contributed by atoms with Gasteiger partial charge in [-0.3, -0.25) is 0 Å². The van der Waals surface area contributed by atoms with Crippen LogP contribution >= 0.6 is 0 Å². The number of nitrogen functional groups attached to an aromatic ring is 1. The third-order valence-corrected chi connectivity index (χ3v) is 3.56. The second-order valence-corrected chi connectivity index (χ2v) is 4.75. The molecule has 3 heterocycles. The Kier molecular flexibility index (Phi) is 2.85. The van der Waals surface area contributed by atoms with Crippen molar-refractivity contribution in [2.75, 3.05) is 12.3 Å². The Hall–Kier alpha value is -2.17. The second-order valence-electron chi connectivity index (χ2n) is 4.75. The van der Waals surface area contributed by atoms with E-state index in [1.807, 2.05) is 0 Å². The molecule has 104 valence electrons. The molecule has 2 aromatic heterocycles. The van der Waals surface area contributed by atoms with Crippen LogP contribution in [0.15, 0.2) is 12.3 Å². The van der Waals surface area contributed by atoms with Gasteiger partial charge in [-0.1, -0.05) is 5.92 Å². The van der Waals surface area contributed by atoms with Crippen molar-refractivity contribution in [3.05, 3.63) is 18.3 Å². The Morgan fingerprint density at radius 1 is 1.65 bits per heavy atom. The molecule has 2 unspecified atom stereocenters. The van der Waals surface area contributed by atoms with Crippen LogP contribution in [0, 0.1) is 18.4 Å². The van der Waals surface area contributed by atoms with Crippen LogP contribution < -0.4 is 5.73 Å². The van der Waals surface area contributed by atoms with Gasteiger partial charge in [-0.05, 0) is 18.9 Å². The van der Waals surface area contributed by atoms with Gasteiger partial charge < -0.3 is 20.1 Å². The lowest BCUT2D eigenvalue weighted by molar-refractivity contribution is -0.0616. The van der Waals surface area contributed by atoms with Gasteiger partial charge in [0.1, 0.15) is 12.0 Å². The van der Waals surface area contributed by atoms with E-state index in [1.165, 1.54) is 0 Å². The van der Waals surface area contributed by atoms with Gasteiger partial charge in [0.05, 0.1) is 12.0 Å². The molecule has 1 saturated heterocycles. The van der Waals surface area contributed by atoms with E-state index < -0.39 is 17.9 Å². The highest BCUT2D eigenvalue weighted by Gasteiger charge is 2.39. The fourth-order valence-corrected chi connectivity index (χ4v) is 2.46. The minimum Gasteiger partial charge on any atom is -0.392 e. The molecular formula is C13H13FN4O2. The van der Waals surface area contributed by atoms with E-state index in [2.05, 4.69) is 15.9 Å². The summed E-state index contributed by atoms with van der Waals surface area (Å²) >= 11 is 0. The third kappa shape index (κ3) is 1.81. The molecule has 1 fully saturated rings. The molecule has 0 spiro atoms. The van der Waals surface area contributed by atoms with Crippen molar-refractivity contribution in [1.82, 2.24) is 14.5 Å². The zero-order valence-corrected chi connectivity index (χ0v) is 10.6. The van der Waals surface area contributed by atoms with E-state index in [1.54, 1.807) is 16.8 Å². The monoisotopic (exact) mass is 276 g/mol. The summed E-state index contributed by atoms with van der Waals surface area (Å²) in [6.07, 6.45) is 6.92. The van der Waals surface area contributed by atoms with Gasteiger partial charge in [-0.25, -0.2) is 0 Å². The molecule has 0 saturated carbocycles. The molecule has 3 rings (SSSR count). The first-order valence-electron chi connectivity index (χ1n) is 6.14. The maximum atomic E-state index is 13.3. The Bertz CT molecular complexity index is 708. The molecule has 2 atom stereocenters. The average molecular weight is 276 g/mol. The molecule has 6 nitrogen and oxygen atoms in total. The van der Waals surface area contributed by atoms with E-state index in [0.29, 0.717) is 23.9 Å². The van der Waals surface area contributed by atoms with Gasteiger partial charge in [0.2, 0.25) is 0 Å². The fourth-order valence-electron chi connectivity index (χ4n) is 2.46. The highest BCUT2D eigenvalue weighted by molar-refractivity contribution is 5.86. The highest BCUT2D eigenvalue weighted by atomic mass is 19.1. The first-order valence-corrected chi connectivity index (χ1v) is 6.14. The minimum absolute atomic E-state index is 0.0784. The van der Waals surface area contributed by atoms with Crippen molar-refractivity contribution >= 4 is 16.9 Å². The first-order chi connectivity index (χ1) is 9.58. The smallest absolute Gasteiger partial charge is 0.312 e. The van der Waals surface area contributed by atoms with E-state index in [9.17, 15) is 9.50 Å². The van der Waals surface area contributed by atoms with Crippen molar-refractivity contribution in [2.45, 2.75) is 24.7 Å². The van der Waals surface area contributed by atoms with Crippen LogP contribution in [0.3, 0.4) is 0 Å². The lowest BCUT2D eigenvalue weighted by Gasteiger charge is -2.21. The molecule has 0 radical (unpaired) electrons. The predicted octanol–water partition coefficient (Wildman–Crippen LogP) is 0.826. The number of rotatable bonds is 2. The number of aliphatic hydroxyl groups excluding tert-OH is 1. The maximum absolute atomic E-state index is 13.3. The summed E-state index contributed by atoms with van der Waals surface area (Å²) in [5.41, 5.74) is 5.02.